The van der Waals surface area contributed by atoms with Gasteiger partial charge in [0.1, 0.15) is 0 Å². The highest BCUT2D eigenvalue weighted by Gasteiger charge is 2.09. The minimum absolute atomic E-state index is 0. The highest BCUT2D eigenvalue weighted by atomic mass is 32.2. The van der Waals surface area contributed by atoms with E-state index in [0.717, 1.165) is 5.75 Å². The molecule has 0 aliphatic rings. The maximum Gasteiger partial charge on any atom is 0.633 e. The number of ether oxygens (including phenoxy) is 1. The second-order valence-electron chi connectivity index (χ2n) is 3.77. The Morgan fingerprint density at radius 3 is 2.20 bits per heavy atom. The Morgan fingerprint density at radius 2 is 1.73 bits per heavy atom. The standard InChI is InChI=1S/C8H19BO4S.B/c1-8(2,3)14-7-6-12-4-5-13-9(10)11;/h10-11H,4-7H2,1-3H3;. The summed E-state index contributed by atoms with van der Waals surface area (Å²) in [4.78, 5) is 0. The van der Waals surface area contributed by atoms with Gasteiger partial charge >= 0.3 is 7.32 Å². The Morgan fingerprint density at radius 1 is 1.13 bits per heavy atom. The van der Waals surface area contributed by atoms with Gasteiger partial charge in [-0.3, -0.25) is 0 Å². The maximum atomic E-state index is 8.34. The van der Waals surface area contributed by atoms with Crippen LogP contribution in [0.15, 0.2) is 0 Å². The van der Waals surface area contributed by atoms with Crippen LogP contribution in [0.25, 0.3) is 0 Å². The first-order valence-electron chi connectivity index (χ1n) is 4.61. The Kier molecular flexibility index (Phi) is 11.3. The van der Waals surface area contributed by atoms with Crippen molar-refractivity contribution in [3.8, 4) is 0 Å². The van der Waals surface area contributed by atoms with Gasteiger partial charge in [-0.25, -0.2) is 0 Å². The maximum absolute atomic E-state index is 8.34. The van der Waals surface area contributed by atoms with Crippen molar-refractivity contribution in [2.24, 2.45) is 0 Å². The van der Waals surface area contributed by atoms with Gasteiger partial charge in [-0.1, -0.05) is 20.8 Å². The van der Waals surface area contributed by atoms with Crippen molar-refractivity contribution >= 4 is 27.5 Å². The summed E-state index contributed by atoms with van der Waals surface area (Å²) in [6, 6.07) is 0. The molecule has 0 bridgehead atoms. The molecule has 0 heterocycles. The smallest absolute Gasteiger partial charge is 0.402 e. The lowest BCUT2D eigenvalue weighted by molar-refractivity contribution is 0.0879. The summed E-state index contributed by atoms with van der Waals surface area (Å²) >= 11 is 1.83. The molecular formula is C8H19B2O4S. The molecule has 15 heavy (non-hydrogen) atoms. The van der Waals surface area contributed by atoms with Crippen molar-refractivity contribution in [2.75, 3.05) is 25.6 Å². The Hall–Kier alpha value is 0.320. The van der Waals surface area contributed by atoms with E-state index in [1.165, 1.54) is 0 Å². The van der Waals surface area contributed by atoms with E-state index in [2.05, 4.69) is 25.4 Å². The molecule has 0 amide bonds. The zero-order valence-corrected chi connectivity index (χ0v) is 10.4. The lowest BCUT2D eigenvalue weighted by Gasteiger charge is -2.17. The predicted octanol–water partition coefficient (Wildman–Crippen LogP) is 0.140. The summed E-state index contributed by atoms with van der Waals surface area (Å²) in [6.07, 6.45) is 0. The lowest BCUT2D eigenvalue weighted by Crippen LogP contribution is -2.20. The molecule has 2 N–H and O–H groups in total. The number of rotatable bonds is 7. The predicted molar refractivity (Wildman–Crippen MR) is 64.9 cm³/mol. The molecule has 0 atom stereocenters. The fourth-order valence-corrected chi connectivity index (χ4v) is 1.53. The van der Waals surface area contributed by atoms with E-state index in [4.69, 9.17) is 14.8 Å². The number of hydrogen-bond donors (Lipinski definition) is 2. The Bertz CT molecular complexity index is 141. The van der Waals surface area contributed by atoms with Crippen LogP contribution in [-0.2, 0) is 9.39 Å². The van der Waals surface area contributed by atoms with Crippen LogP contribution in [0.5, 0.6) is 0 Å². The largest absolute Gasteiger partial charge is 0.633 e. The van der Waals surface area contributed by atoms with Crippen LogP contribution in [0, 0.1) is 0 Å². The van der Waals surface area contributed by atoms with Gasteiger partial charge in [0, 0.05) is 18.9 Å². The molecule has 0 aromatic carbocycles. The molecule has 0 rings (SSSR count). The molecule has 0 unspecified atom stereocenters. The first-order valence-corrected chi connectivity index (χ1v) is 5.60. The van der Waals surface area contributed by atoms with Crippen molar-refractivity contribution in [3.05, 3.63) is 0 Å². The van der Waals surface area contributed by atoms with Crippen molar-refractivity contribution in [1.29, 1.82) is 0 Å². The lowest BCUT2D eigenvalue weighted by atomic mass is 10.3. The molecule has 0 aliphatic heterocycles. The van der Waals surface area contributed by atoms with Crippen molar-refractivity contribution in [2.45, 2.75) is 25.5 Å². The summed E-state index contributed by atoms with van der Waals surface area (Å²) in [5.74, 6) is 0.936. The molecule has 0 spiro atoms. The van der Waals surface area contributed by atoms with Crippen molar-refractivity contribution in [3.63, 3.8) is 0 Å². The van der Waals surface area contributed by atoms with Gasteiger partial charge in [0.25, 0.3) is 0 Å². The van der Waals surface area contributed by atoms with Gasteiger partial charge in [0.15, 0.2) is 0 Å². The molecule has 4 nitrogen and oxygen atoms in total. The van der Waals surface area contributed by atoms with Crippen LogP contribution in [-0.4, -0.2) is 56.1 Å². The molecule has 87 valence electrons. The molecule has 0 aliphatic carbocycles. The molecule has 3 radical (unpaired) electrons. The third kappa shape index (κ3) is 17.0. The molecule has 0 aromatic heterocycles. The third-order valence-corrected chi connectivity index (χ3v) is 2.49. The molecule has 0 saturated heterocycles. The molecule has 7 heteroatoms. The fraction of sp³-hybridized carbons (Fsp3) is 1.00. The van der Waals surface area contributed by atoms with Crippen LogP contribution in [0.3, 0.4) is 0 Å². The zero-order valence-electron chi connectivity index (χ0n) is 9.60. The van der Waals surface area contributed by atoms with Crippen LogP contribution < -0.4 is 0 Å². The van der Waals surface area contributed by atoms with E-state index in [9.17, 15) is 0 Å². The quantitative estimate of drug-likeness (QED) is 0.483. The molecular weight excluding hydrogens is 214 g/mol. The monoisotopic (exact) mass is 233 g/mol. The minimum Gasteiger partial charge on any atom is -0.402 e. The topological polar surface area (TPSA) is 58.9 Å². The second-order valence-corrected chi connectivity index (χ2v) is 5.69. The van der Waals surface area contributed by atoms with E-state index in [1.807, 2.05) is 11.8 Å². The summed E-state index contributed by atoms with van der Waals surface area (Å²) in [6.45, 7) is 7.72. The Balaban J connectivity index is 0. The fourth-order valence-electron chi connectivity index (χ4n) is 0.721. The van der Waals surface area contributed by atoms with Crippen molar-refractivity contribution in [1.82, 2.24) is 0 Å². The normalized spacial score (nSPS) is 11.0. The first-order chi connectivity index (χ1) is 6.42. The van der Waals surface area contributed by atoms with E-state index in [1.54, 1.807) is 0 Å². The second kappa shape index (κ2) is 9.54. The number of hydrogen-bond acceptors (Lipinski definition) is 5. The summed E-state index contributed by atoms with van der Waals surface area (Å²) < 4.78 is 9.95. The van der Waals surface area contributed by atoms with Gasteiger partial charge in [0.2, 0.25) is 0 Å². The molecule has 0 fully saturated rings. The SMILES string of the molecule is CC(C)(C)SCCOCCOB(O)O.[B]. The first kappa shape index (κ1) is 17.7. The average molecular weight is 233 g/mol. The molecule has 0 saturated carbocycles. The van der Waals surface area contributed by atoms with Crippen molar-refractivity contribution < 1.29 is 19.4 Å². The van der Waals surface area contributed by atoms with Gasteiger partial charge in [-0.2, -0.15) is 11.8 Å². The van der Waals surface area contributed by atoms with E-state index in [0.29, 0.717) is 13.2 Å². The van der Waals surface area contributed by atoms with Crippen LogP contribution in [0.1, 0.15) is 20.8 Å². The summed E-state index contributed by atoms with van der Waals surface area (Å²) in [5.41, 5.74) is 0. The average Bonchev–Trinajstić information content (AvgIpc) is 2.00. The molecule has 0 aromatic rings. The van der Waals surface area contributed by atoms with Gasteiger partial charge in [0.05, 0.1) is 19.8 Å². The van der Waals surface area contributed by atoms with E-state index < -0.39 is 7.32 Å². The zero-order chi connectivity index (χ0) is 11.0. The highest BCUT2D eigenvalue weighted by molar-refractivity contribution is 8.00. The summed E-state index contributed by atoms with van der Waals surface area (Å²) in [7, 11) is -1.69. The highest BCUT2D eigenvalue weighted by Crippen LogP contribution is 2.22. The van der Waals surface area contributed by atoms with E-state index >= 15 is 0 Å². The van der Waals surface area contributed by atoms with Crippen LogP contribution in [0.2, 0.25) is 0 Å². The van der Waals surface area contributed by atoms with Gasteiger partial charge in [-0.15, -0.1) is 0 Å². The van der Waals surface area contributed by atoms with Crippen LogP contribution >= 0.6 is 11.8 Å². The van der Waals surface area contributed by atoms with Gasteiger partial charge < -0.3 is 19.4 Å². The van der Waals surface area contributed by atoms with E-state index in [-0.39, 0.29) is 19.8 Å². The minimum atomic E-state index is -1.69. The van der Waals surface area contributed by atoms with Gasteiger partial charge in [-0.05, 0) is 0 Å². The third-order valence-electron chi connectivity index (χ3n) is 1.26. The van der Waals surface area contributed by atoms with Crippen LogP contribution in [0.4, 0.5) is 0 Å². The summed E-state index contributed by atoms with van der Waals surface area (Å²) in [5, 5.41) is 16.7. The Labute approximate surface area is 98.5 Å². The number of thioether (sulfide) groups is 1.